The van der Waals surface area contributed by atoms with Gasteiger partial charge in [0.2, 0.25) is 0 Å². The Morgan fingerprint density at radius 2 is 1.47 bits per heavy atom. The number of alkyl halides is 6. The summed E-state index contributed by atoms with van der Waals surface area (Å²) in [7, 11) is 0. The molecule has 0 bridgehead atoms. The average molecular weight is 783 g/mol. The topological polar surface area (TPSA) is 63.1 Å². The summed E-state index contributed by atoms with van der Waals surface area (Å²) in [6.45, 7) is 8.00. The molecule has 43 heavy (non-hydrogen) atoms. The molecule has 0 spiro atoms. The molecule has 4 aromatic rings. The van der Waals surface area contributed by atoms with Gasteiger partial charge in [0.05, 0.1) is 22.7 Å². The van der Waals surface area contributed by atoms with Crippen LogP contribution in [0, 0.1) is 25.3 Å². The van der Waals surface area contributed by atoms with Crippen molar-refractivity contribution < 1.29 is 56.3 Å². The molecule has 1 aromatic heterocycles. The molecule has 0 amide bonds. The van der Waals surface area contributed by atoms with Gasteiger partial charge < -0.3 is 12.5 Å². The number of fused-ring (bicyclic) bond motifs is 3. The van der Waals surface area contributed by atoms with Crippen LogP contribution in [0.5, 0.6) is 0 Å². The summed E-state index contributed by atoms with van der Waals surface area (Å²) in [5.74, 6) is 1.11. The number of aromatic nitrogens is 2. The Labute approximate surface area is 260 Å². The van der Waals surface area contributed by atoms with Crippen LogP contribution < -0.4 is 0 Å². The Hall–Kier alpha value is -3.30. The van der Waals surface area contributed by atoms with E-state index in [1.165, 1.54) is 24.4 Å². The van der Waals surface area contributed by atoms with Gasteiger partial charge in [-0.05, 0) is 34.9 Å². The van der Waals surface area contributed by atoms with E-state index in [-0.39, 0.29) is 50.5 Å². The van der Waals surface area contributed by atoms with E-state index < -0.39 is 23.5 Å². The standard InChI is InChI=1S/C20H9F6N2.C11H20O2.CH3.Ir/c21-19(22,23)14-5-3-11(4-6-14)18-27-10-13-2-1-12-9-15(20(24,25)26)7-8-16(12)17(13)28-18;1-8(2)5-10(12)7-11(13)6-9(3)4;;/h1-3,5-10H;7-9,12H,5-6H2,1-4H3;1H3;/q-1;;-1;/b;10-7-;;. The summed E-state index contributed by atoms with van der Waals surface area (Å²) in [5, 5.41) is 10.8. The largest absolute Gasteiger partial charge is 0.512 e. The number of carbonyl (C=O) groups is 1. The molecule has 0 unspecified atom stereocenters. The normalized spacial score (nSPS) is 12.0. The van der Waals surface area contributed by atoms with Crippen LogP contribution in [-0.2, 0) is 37.3 Å². The molecular formula is C32H32F6IrN2O2-2. The number of ketones is 1. The van der Waals surface area contributed by atoms with Gasteiger partial charge >= 0.3 is 12.4 Å². The molecule has 1 N–H and O–H groups in total. The Bertz CT molecular complexity index is 1550. The quantitative estimate of drug-likeness (QED) is 0.0696. The number of aliphatic hydroxyl groups excluding tert-OH is 1. The first-order valence-electron chi connectivity index (χ1n) is 12.8. The third-order valence-corrected chi connectivity index (χ3v) is 5.83. The van der Waals surface area contributed by atoms with Crippen LogP contribution in [0.25, 0.3) is 33.1 Å². The second-order valence-electron chi connectivity index (χ2n) is 10.4. The summed E-state index contributed by atoms with van der Waals surface area (Å²) < 4.78 is 76.8. The molecule has 1 radical (unpaired) electrons. The number of carbonyl (C=O) groups excluding carboxylic acids is 1. The van der Waals surface area contributed by atoms with Crippen molar-refractivity contribution in [2.75, 3.05) is 0 Å². The maximum atomic E-state index is 12.9. The van der Waals surface area contributed by atoms with Gasteiger partial charge in [0.1, 0.15) is 0 Å². The molecule has 0 saturated heterocycles. The van der Waals surface area contributed by atoms with Gasteiger partial charge in [-0.15, -0.1) is 29.8 Å². The van der Waals surface area contributed by atoms with Crippen molar-refractivity contribution in [3.05, 3.63) is 91.2 Å². The first-order valence-corrected chi connectivity index (χ1v) is 12.8. The zero-order valence-corrected chi connectivity index (χ0v) is 26.6. The van der Waals surface area contributed by atoms with Gasteiger partial charge in [0.15, 0.2) is 5.78 Å². The van der Waals surface area contributed by atoms with E-state index in [1.807, 2.05) is 27.7 Å². The fraction of sp³-hybridized carbons (Fsp3) is 0.312. The van der Waals surface area contributed by atoms with Crippen LogP contribution in [0.4, 0.5) is 26.3 Å². The van der Waals surface area contributed by atoms with Crippen LogP contribution >= 0.6 is 0 Å². The Balaban J connectivity index is 0.000000530. The third-order valence-electron chi connectivity index (χ3n) is 5.83. The van der Waals surface area contributed by atoms with Gasteiger partial charge in [-0.25, -0.2) is 0 Å². The van der Waals surface area contributed by atoms with E-state index in [9.17, 15) is 36.2 Å². The number of benzene rings is 3. The van der Waals surface area contributed by atoms with Gasteiger partial charge in [-0.1, -0.05) is 45.9 Å². The minimum absolute atomic E-state index is 0. The molecular weight excluding hydrogens is 751 g/mol. The second kappa shape index (κ2) is 15.4. The Kier molecular flexibility index (Phi) is 13.5. The predicted molar refractivity (Wildman–Crippen MR) is 152 cm³/mol. The molecule has 0 aliphatic rings. The number of nitrogens with zero attached hydrogens (tertiary/aromatic N) is 2. The molecule has 0 saturated carbocycles. The summed E-state index contributed by atoms with van der Waals surface area (Å²) in [5.41, 5.74) is -0.963. The number of halogens is 6. The minimum Gasteiger partial charge on any atom is -0.512 e. The summed E-state index contributed by atoms with van der Waals surface area (Å²) in [4.78, 5) is 19.7. The van der Waals surface area contributed by atoms with Crippen LogP contribution in [0.3, 0.4) is 0 Å². The summed E-state index contributed by atoms with van der Waals surface area (Å²) in [6, 6.07) is 11.9. The van der Waals surface area contributed by atoms with Crippen molar-refractivity contribution in [2.24, 2.45) is 11.8 Å². The van der Waals surface area contributed by atoms with Crippen molar-refractivity contribution in [1.29, 1.82) is 0 Å². The van der Waals surface area contributed by atoms with Gasteiger partial charge in [0.25, 0.3) is 0 Å². The molecule has 3 aromatic carbocycles. The smallest absolute Gasteiger partial charge is 0.416 e. The molecule has 4 rings (SSSR count). The van der Waals surface area contributed by atoms with Crippen molar-refractivity contribution >= 4 is 27.5 Å². The van der Waals surface area contributed by atoms with Crippen LogP contribution in [0.2, 0.25) is 0 Å². The number of aliphatic hydroxyl groups is 1. The Morgan fingerprint density at radius 3 is 2.00 bits per heavy atom. The number of allylic oxidation sites excluding steroid dienone is 2. The van der Waals surface area contributed by atoms with Crippen molar-refractivity contribution in [3.63, 3.8) is 0 Å². The maximum Gasteiger partial charge on any atom is 0.416 e. The van der Waals surface area contributed by atoms with E-state index in [0.717, 1.165) is 24.3 Å². The number of hydrogen-bond acceptors (Lipinski definition) is 4. The fourth-order valence-electron chi connectivity index (χ4n) is 4.00. The van der Waals surface area contributed by atoms with Crippen LogP contribution in [-0.4, -0.2) is 20.9 Å². The van der Waals surface area contributed by atoms with Gasteiger partial charge in [-0.3, -0.25) is 14.8 Å². The molecule has 0 fully saturated rings. The van der Waals surface area contributed by atoms with Crippen molar-refractivity contribution in [1.82, 2.24) is 9.97 Å². The molecule has 11 heteroatoms. The zero-order chi connectivity index (χ0) is 30.5. The van der Waals surface area contributed by atoms with Gasteiger partial charge in [-0.2, -0.15) is 26.3 Å². The van der Waals surface area contributed by atoms with Crippen molar-refractivity contribution in [2.45, 2.75) is 52.9 Å². The SMILES string of the molecule is CC(C)CC(=O)/C=C(\O)CC(C)C.FC(F)(F)c1c[c-]c(-c2ncc3ccc4cc(C(F)(F)F)ccc4c3n2)cc1.[CH3-].[Ir]. The summed E-state index contributed by atoms with van der Waals surface area (Å²) >= 11 is 0. The third kappa shape index (κ3) is 10.7. The average Bonchev–Trinajstić information content (AvgIpc) is 2.86. The number of rotatable bonds is 6. The van der Waals surface area contributed by atoms with E-state index in [1.54, 1.807) is 12.1 Å². The molecule has 4 nitrogen and oxygen atoms in total. The van der Waals surface area contributed by atoms with Crippen molar-refractivity contribution in [3.8, 4) is 11.4 Å². The van der Waals surface area contributed by atoms with E-state index in [4.69, 9.17) is 0 Å². The minimum atomic E-state index is -4.48. The zero-order valence-electron chi connectivity index (χ0n) is 24.2. The molecule has 0 atom stereocenters. The van der Waals surface area contributed by atoms with E-state index in [2.05, 4.69) is 16.0 Å². The number of hydrogen-bond donors (Lipinski definition) is 1. The predicted octanol–water partition coefficient (Wildman–Crippen LogP) is 9.83. The Morgan fingerprint density at radius 1 is 0.884 bits per heavy atom. The van der Waals surface area contributed by atoms with Crippen LogP contribution in [0.15, 0.2) is 66.6 Å². The monoisotopic (exact) mass is 783 g/mol. The first-order chi connectivity index (χ1) is 19.0. The maximum absolute atomic E-state index is 12.9. The summed E-state index contributed by atoms with van der Waals surface area (Å²) in [6.07, 6.45) is -5.01. The van der Waals surface area contributed by atoms with E-state index >= 15 is 0 Å². The molecule has 235 valence electrons. The molecule has 0 aliphatic heterocycles. The van der Waals surface area contributed by atoms with Crippen LogP contribution in [0.1, 0.15) is 51.7 Å². The second-order valence-corrected chi connectivity index (χ2v) is 10.4. The fourth-order valence-corrected chi connectivity index (χ4v) is 4.00. The molecule has 1 heterocycles. The molecule has 0 aliphatic carbocycles. The van der Waals surface area contributed by atoms with Gasteiger partial charge in [0, 0.05) is 56.0 Å². The first kappa shape index (κ1) is 37.7. The van der Waals surface area contributed by atoms with E-state index in [0.29, 0.717) is 46.4 Å².